The summed E-state index contributed by atoms with van der Waals surface area (Å²) in [4.78, 5) is 12.6. The Morgan fingerprint density at radius 2 is 2.11 bits per heavy atom. The van der Waals surface area contributed by atoms with Crippen molar-refractivity contribution >= 4 is 6.09 Å². The van der Waals surface area contributed by atoms with E-state index in [4.69, 9.17) is 5.11 Å². The summed E-state index contributed by atoms with van der Waals surface area (Å²) in [5, 5.41) is 12.6. The van der Waals surface area contributed by atoms with E-state index in [1.54, 1.807) is 0 Å². The smallest absolute Gasteiger partial charge is 0.407 e. The zero-order valence-corrected chi connectivity index (χ0v) is 11.6. The van der Waals surface area contributed by atoms with Crippen molar-refractivity contribution in [2.45, 2.75) is 26.3 Å². The van der Waals surface area contributed by atoms with Crippen LogP contribution in [0.4, 0.5) is 4.79 Å². The molecule has 1 heterocycles. The van der Waals surface area contributed by atoms with Crippen molar-refractivity contribution in [1.82, 2.24) is 10.2 Å². The second kappa shape index (κ2) is 5.61. The Bertz CT molecular complexity index is 431. The van der Waals surface area contributed by atoms with Crippen LogP contribution in [0.1, 0.15) is 19.4 Å². The number of piperazine rings is 1. The number of nitrogens with zero attached hydrogens (tertiary/aromatic N) is 1. The van der Waals surface area contributed by atoms with E-state index in [0.29, 0.717) is 13.1 Å². The fourth-order valence-electron chi connectivity index (χ4n) is 2.69. The van der Waals surface area contributed by atoms with Gasteiger partial charge in [0.25, 0.3) is 0 Å². The molecule has 1 atom stereocenters. The van der Waals surface area contributed by atoms with Crippen molar-refractivity contribution in [2.24, 2.45) is 5.41 Å². The predicted molar refractivity (Wildman–Crippen MR) is 75.3 cm³/mol. The Morgan fingerprint density at radius 1 is 1.42 bits per heavy atom. The molecule has 2 rings (SSSR count). The van der Waals surface area contributed by atoms with E-state index in [1.165, 1.54) is 10.5 Å². The number of carbonyl (C=O) groups is 1. The molecule has 1 aliphatic rings. The number of nitrogens with one attached hydrogen (secondary N) is 1. The van der Waals surface area contributed by atoms with Gasteiger partial charge in [-0.1, -0.05) is 44.2 Å². The molecular formula is C15H22N2O2. The Labute approximate surface area is 114 Å². The third-order valence-corrected chi connectivity index (χ3v) is 3.89. The monoisotopic (exact) mass is 262 g/mol. The lowest BCUT2D eigenvalue weighted by Crippen LogP contribution is -2.58. The molecule has 0 aliphatic carbocycles. The standard InChI is InChI=1S/C15H22N2O2/c1-15(2,10-12-6-4-3-5-7-12)13-11-17(14(18)19)9-8-16-13/h3-7,13,16H,8-11H2,1-2H3,(H,18,19). The molecule has 4 heteroatoms. The average molecular weight is 262 g/mol. The molecule has 0 bridgehead atoms. The van der Waals surface area contributed by atoms with Crippen LogP contribution in [0.2, 0.25) is 0 Å². The fourth-order valence-corrected chi connectivity index (χ4v) is 2.69. The largest absolute Gasteiger partial charge is 0.465 e. The Kier molecular flexibility index (Phi) is 4.10. The molecule has 1 aliphatic heterocycles. The molecule has 104 valence electrons. The van der Waals surface area contributed by atoms with Gasteiger partial charge in [0, 0.05) is 25.7 Å². The summed E-state index contributed by atoms with van der Waals surface area (Å²) in [5.74, 6) is 0. The van der Waals surface area contributed by atoms with E-state index in [-0.39, 0.29) is 11.5 Å². The minimum absolute atomic E-state index is 0.0233. The molecular weight excluding hydrogens is 240 g/mol. The first-order valence-corrected chi connectivity index (χ1v) is 6.74. The summed E-state index contributed by atoms with van der Waals surface area (Å²) in [5.41, 5.74) is 1.32. The number of amides is 1. The lowest BCUT2D eigenvalue weighted by atomic mass is 9.78. The maximum Gasteiger partial charge on any atom is 0.407 e. The Morgan fingerprint density at radius 3 is 2.74 bits per heavy atom. The van der Waals surface area contributed by atoms with Crippen LogP contribution >= 0.6 is 0 Å². The van der Waals surface area contributed by atoms with Gasteiger partial charge in [0.05, 0.1) is 0 Å². The molecule has 1 aromatic carbocycles. The SMILES string of the molecule is CC(C)(Cc1ccccc1)C1CN(C(=O)O)CCN1. The average Bonchev–Trinajstić information content (AvgIpc) is 2.39. The molecule has 0 spiro atoms. The van der Waals surface area contributed by atoms with E-state index in [1.807, 2.05) is 18.2 Å². The summed E-state index contributed by atoms with van der Waals surface area (Å²) >= 11 is 0. The fraction of sp³-hybridized carbons (Fsp3) is 0.533. The van der Waals surface area contributed by atoms with Crippen LogP contribution in [-0.2, 0) is 6.42 Å². The number of carboxylic acid groups (broad SMARTS) is 1. The first kappa shape index (κ1) is 13.9. The van der Waals surface area contributed by atoms with E-state index < -0.39 is 6.09 Å². The number of rotatable bonds is 3. The molecule has 1 fully saturated rings. The Balaban J connectivity index is 2.04. The summed E-state index contributed by atoms with van der Waals surface area (Å²) in [7, 11) is 0. The van der Waals surface area contributed by atoms with E-state index in [2.05, 4.69) is 31.3 Å². The van der Waals surface area contributed by atoms with Crippen LogP contribution in [0.3, 0.4) is 0 Å². The van der Waals surface area contributed by atoms with Crippen LogP contribution in [0.15, 0.2) is 30.3 Å². The van der Waals surface area contributed by atoms with Crippen LogP contribution in [0, 0.1) is 5.41 Å². The quantitative estimate of drug-likeness (QED) is 0.878. The highest BCUT2D eigenvalue weighted by molar-refractivity contribution is 5.65. The maximum absolute atomic E-state index is 11.1. The maximum atomic E-state index is 11.1. The lowest BCUT2D eigenvalue weighted by molar-refractivity contribution is 0.101. The molecule has 0 saturated carbocycles. The van der Waals surface area contributed by atoms with Gasteiger partial charge in [0.15, 0.2) is 0 Å². The third-order valence-electron chi connectivity index (χ3n) is 3.89. The molecule has 1 saturated heterocycles. The van der Waals surface area contributed by atoms with Crippen molar-refractivity contribution in [3.63, 3.8) is 0 Å². The van der Waals surface area contributed by atoms with Gasteiger partial charge in [-0.2, -0.15) is 0 Å². The highest BCUT2D eigenvalue weighted by Gasteiger charge is 2.34. The van der Waals surface area contributed by atoms with Gasteiger partial charge in [-0.25, -0.2) is 4.79 Å². The minimum Gasteiger partial charge on any atom is -0.465 e. The van der Waals surface area contributed by atoms with Gasteiger partial charge in [-0.15, -0.1) is 0 Å². The topological polar surface area (TPSA) is 52.6 Å². The van der Waals surface area contributed by atoms with Crippen LogP contribution in [0.5, 0.6) is 0 Å². The highest BCUT2D eigenvalue weighted by Crippen LogP contribution is 2.28. The van der Waals surface area contributed by atoms with Crippen LogP contribution in [0.25, 0.3) is 0 Å². The van der Waals surface area contributed by atoms with Gasteiger partial charge in [-0.05, 0) is 17.4 Å². The van der Waals surface area contributed by atoms with Gasteiger partial charge in [0.2, 0.25) is 0 Å². The molecule has 4 nitrogen and oxygen atoms in total. The van der Waals surface area contributed by atoms with E-state index in [0.717, 1.165) is 13.0 Å². The zero-order valence-electron chi connectivity index (χ0n) is 11.6. The van der Waals surface area contributed by atoms with Crippen molar-refractivity contribution < 1.29 is 9.90 Å². The van der Waals surface area contributed by atoms with Crippen molar-refractivity contribution in [1.29, 1.82) is 0 Å². The van der Waals surface area contributed by atoms with Crippen LogP contribution in [-0.4, -0.2) is 41.8 Å². The first-order valence-electron chi connectivity index (χ1n) is 6.74. The minimum atomic E-state index is -0.818. The molecule has 0 radical (unpaired) electrons. The van der Waals surface area contributed by atoms with Crippen molar-refractivity contribution in [2.75, 3.05) is 19.6 Å². The normalized spacial score (nSPS) is 20.3. The molecule has 1 unspecified atom stereocenters. The third kappa shape index (κ3) is 3.47. The molecule has 1 aromatic rings. The molecule has 19 heavy (non-hydrogen) atoms. The van der Waals surface area contributed by atoms with Crippen molar-refractivity contribution in [3.05, 3.63) is 35.9 Å². The van der Waals surface area contributed by atoms with E-state index in [9.17, 15) is 4.79 Å². The van der Waals surface area contributed by atoms with E-state index >= 15 is 0 Å². The summed E-state index contributed by atoms with van der Waals surface area (Å²) < 4.78 is 0. The number of benzene rings is 1. The van der Waals surface area contributed by atoms with Crippen LogP contribution < -0.4 is 5.32 Å². The summed E-state index contributed by atoms with van der Waals surface area (Å²) in [6.45, 7) is 6.27. The second-order valence-corrected chi connectivity index (χ2v) is 5.89. The molecule has 1 amide bonds. The van der Waals surface area contributed by atoms with Gasteiger partial charge in [-0.3, -0.25) is 0 Å². The zero-order chi connectivity index (χ0) is 13.9. The van der Waals surface area contributed by atoms with Crippen molar-refractivity contribution in [3.8, 4) is 0 Å². The summed E-state index contributed by atoms with van der Waals surface area (Å²) in [6.07, 6.45) is 0.126. The second-order valence-electron chi connectivity index (χ2n) is 5.89. The van der Waals surface area contributed by atoms with Gasteiger partial charge < -0.3 is 15.3 Å². The number of hydrogen-bond donors (Lipinski definition) is 2. The van der Waals surface area contributed by atoms with Gasteiger partial charge >= 0.3 is 6.09 Å². The molecule has 2 N–H and O–H groups in total. The lowest BCUT2D eigenvalue weighted by Gasteiger charge is -2.41. The summed E-state index contributed by atoms with van der Waals surface area (Å²) in [6, 6.07) is 10.5. The highest BCUT2D eigenvalue weighted by atomic mass is 16.4. The van der Waals surface area contributed by atoms with Gasteiger partial charge in [0.1, 0.15) is 0 Å². The molecule has 0 aromatic heterocycles. The first-order chi connectivity index (χ1) is 8.99. The predicted octanol–water partition coefficient (Wildman–Crippen LogP) is 2.21. The Hall–Kier alpha value is -1.55. The number of hydrogen-bond acceptors (Lipinski definition) is 2.